The first kappa shape index (κ1) is 16.4. The second-order valence-electron chi connectivity index (χ2n) is 5.30. The van der Waals surface area contributed by atoms with Crippen molar-refractivity contribution >= 4 is 11.6 Å². The van der Waals surface area contributed by atoms with Gasteiger partial charge in [0, 0.05) is 18.0 Å². The number of nitrogens with one attached hydrogen (secondary N) is 1. The van der Waals surface area contributed by atoms with Crippen molar-refractivity contribution in [2.24, 2.45) is 0 Å². The quantitative estimate of drug-likeness (QED) is 0.775. The van der Waals surface area contributed by atoms with Gasteiger partial charge in [-0.05, 0) is 42.5 Å². The van der Waals surface area contributed by atoms with E-state index in [1.54, 1.807) is 24.3 Å². The summed E-state index contributed by atoms with van der Waals surface area (Å²) in [5.74, 6) is 0.342. The zero-order valence-corrected chi connectivity index (χ0v) is 13.2. The molecule has 0 saturated heterocycles. The van der Waals surface area contributed by atoms with Crippen molar-refractivity contribution < 1.29 is 13.9 Å². The van der Waals surface area contributed by atoms with Crippen molar-refractivity contribution in [2.75, 3.05) is 5.32 Å². The molecule has 5 nitrogen and oxygen atoms in total. The Morgan fingerprint density at radius 3 is 2.36 bits per heavy atom. The molecule has 0 aliphatic heterocycles. The molecule has 1 N–H and O–H groups in total. The highest BCUT2D eigenvalue weighted by molar-refractivity contribution is 5.90. The summed E-state index contributed by atoms with van der Waals surface area (Å²) in [6, 6.07) is 18.3. The summed E-state index contributed by atoms with van der Waals surface area (Å²) in [7, 11) is 0. The van der Waals surface area contributed by atoms with E-state index in [9.17, 15) is 14.0 Å². The lowest BCUT2D eigenvalue weighted by molar-refractivity contribution is -0.116. The Morgan fingerprint density at radius 2 is 1.64 bits per heavy atom. The van der Waals surface area contributed by atoms with Crippen LogP contribution in [0, 0.1) is 5.82 Å². The highest BCUT2D eigenvalue weighted by atomic mass is 19.1. The van der Waals surface area contributed by atoms with E-state index in [1.165, 1.54) is 0 Å². The largest absolute Gasteiger partial charge is 0.457 e. The van der Waals surface area contributed by atoms with Crippen LogP contribution < -0.4 is 15.6 Å². The maximum absolute atomic E-state index is 13.1. The highest BCUT2D eigenvalue weighted by Gasteiger charge is 2.06. The minimum Gasteiger partial charge on any atom is -0.457 e. The molecule has 3 rings (SSSR count). The van der Waals surface area contributed by atoms with Crippen LogP contribution in [0.5, 0.6) is 11.5 Å². The lowest BCUT2D eigenvalue weighted by Gasteiger charge is -2.09. The zero-order chi connectivity index (χ0) is 17.6. The molecule has 1 heterocycles. The highest BCUT2D eigenvalue weighted by Crippen LogP contribution is 2.22. The third-order valence-corrected chi connectivity index (χ3v) is 3.38. The van der Waals surface area contributed by atoms with Crippen molar-refractivity contribution in [1.82, 2.24) is 4.57 Å². The second kappa shape index (κ2) is 7.44. The van der Waals surface area contributed by atoms with Crippen molar-refractivity contribution in [3.8, 4) is 11.5 Å². The van der Waals surface area contributed by atoms with Crippen LogP contribution in [0.15, 0.2) is 77.7 Å². The molecule has 1 aromatic heterocycles. The number of ether oxygens (including phenoxy) is 1. The average Bonchev–Trinajstić information content (AvgIpc) is 2.61. The molecule has 0 spiro atoms. The lowest BCUT2D eigenvalue weighted by atomic mass is 10.3. The summed E-state index contributed by atoms with van der Waals surface area (Å²) >= 11 is 0. The number of aromatic nitrogens is 1. The molecule has 1 amide bonds. The fourth-order valence-electron chi connectivity index (χ4n) is 2.21. The molecule has 3 aromatic rings. The Balaban J connectivity index is 1.62. The first-order valence-electron chi connectivity index (χ1n) is 7.59. The van der Waals surface area contributed by atoms with Gasteiger partial charge in [-0.2, -0.15) is 0 Å². The topological polar surface area (TPSA) is 60.3 Å². The number of anilines is 1. The average molecular weight is 338 g/mol. The summed E-state index contributed by atoms with van der Waals surface area (Å²) in [6.07, 6.45) is 0.999. The number of hydrogen-bond acceptors (Lipinski definition) is 3. The van der Waals surface area contributed by atoms with E-state index in [2.05, 4.69) is 5.32 Å². The summed E-state index contributed by atoms with van der Waals surface area (Å²) in [6.45, 7) is -0.265. The fraction of sp³-hybridized carbons (Fsp3) is 0.0526. The minimum atomic E-state index is -0.574. The number of rotatable bonds is 5. The van der Waals surface area contributed by atoms with Crippen LogP contribution in [-0.4, -0.2) is 10.5 Å². The smallest absolute Gasteiger partial charge is 0.251 e. The van der Waals surface area contributed by atoms with E-state index in [4.69, 9.17) is 4.74 Å². The first-order chi connectivity index (χ1) is 12.1. The van der Waals surface area contributed by atoms with Crippen LogP contribution >= 0.6 is 0 Å². The predicted molar refractivity (Wildman–Crippen MR) is 92.2 cm³/mol. The standard InChI is InChI=1S/C19H15FN2O3/c20-14-6-11-19(24)22(12-14)13-18(23)21-15-7-9-17(10-8-15)25-16-4-2-1-3-5-16/h1-12H,13H2,(H,21,23). The summed E-state index contributed by atoms with van der Waals surface area (Å²) in [4.78, 5) is 23.6. The molecule has 126 valence electrons. The Morgan fingerprint density at radius 1 is 0.960 bits per heavy atom. The number of carbonyl (C=O) groups excluding carboxylic acids is 1. The number of nitrogens with zero attached hydrogens (tertiary/aromatic N) is 1. The van der Waals surface area contributed by atoms with E-state index >= 15 is 0 Å². The number of pyridine rings is 1. The van der Waals surface area contributed by atoms with Gasteiger partial charge in [-0.3, -0.25) is 9.59 Å². The Bertz CT molecular complexity index is 921. The first-order valence-corrected chi connectivity index (χ1v) is 7.59. The van der Waals surface area contributed by atoms with E-state index in [0.29, 0.717) is 17.2 Å². The molecule has 0 saturated carbocycles. The molecule has 0 aliphatic rings. The van der Waals surface area contributed by atoms with Gasteiger partial charge in [0.15, 0.2) is 0 Å². The molecular weight excluding hydrogens is 323 g/mol. The number of hydrogen-bond donors (Lipinski definition) is 1. The zero-order valence-electron chi connectivity index (χ0n) is 13.2. The maximum Gasteiger partial charge on any atom is 0.251 e. The molecule has 6 heteroatoms. The molecule has 0 unspecified atom stereocenters. The van der Waals surface area contributed by atoms with Gasteiger partial charge in [-0.15, -0.1) is 0 Å². The van der Waals surface area contributed by atoms with Gasteiger partial charge in [0.1, 0.15) is 23.9 Å². The number of amides is 1. The molecular formula is C19H15FN2O3. The number of carbonyl (C=O) groups is 1. The third kappa shape index (κ3) is 4.54. The lowest BCUT2D eigenvalue weighted by Crippen LogP contribution is -2.27. The van der Waals surface area contributed by atoms with Gasteiger partial charge in [0.05, 0.1) is 0 Å². The minimum absolute atomic E-state index is 0.265. The van der Waals surface area contributed by atoms with Crippen LogP contribution in [0.25, 0.3) is 0 Å². The van der Waals surface area contributed by atoms with Crippen molar-refractivity contribution in [3.63, 3.8) is 0 Å². The second-order valence-corrected chi connectivity index (χ2v) is 5.30. The fourth-order valence-corrected chi connectivity index (χ4v) is 2.21. The molecule has 25 heavy (non-hydrogen) atoms. The summed E-state index contributed by atoms with van der Waals surface area (Å²) < 4.78 is 19.8. The van der Waals surface area contributed by atoms with Crippen molar-refractivity contribution in [3.05, 3.63) is 89.1 Å². The summed E-state index contributed by atoms with van der Waals surface area (Å²) in [5.41, 5.74) is 0.109. The van der Waals surface area contributed by atoms with Crippen molar-refractivity contribution in [1.29, 1.82) is 0 Å². The molecule has 0 aliphatic carbocycles. The van der Waals surface area contributed by atoms with E-state index in [1.807, 2.05) is 30.3 Å². The van der Waals surface area contributed by atoms with Crippen LogP contribution in [0.2, 0.25) is 0 Å². The van der Waals surface area contributed by atoms with Crippen LogP contribution in [-0.2, 0) is 11.3 Å². The molecule has 0 fully saturated rings. The predicted octanol–water partition coefficient (Wildman–Crippen LogP) is 3.42. The monoisotopic (exact) mass is 338 g/mol. The number of para-hydroxylation sites is 1. The van der Waals surface area contributed by atoms with Gasteiger partial charge in [-0.1, -0.05) is 18.2 Å². The number of benzene rings is 2. The summed E-state index contributed by atoms with van der Waals surface area (Å²) in [5, 5.41) is 2.65. The van der Waals surface area contributed by atoms with Gasteiger partial charge < -0.3 is 14.6 Å². The molecule has 0 bridgehead atoms. The van der Waals surface area contributed by atoms with Crippen LogP contribution in [0.4, 0.5) is 10.1 Å². The van der Waals surface area contributed by atoms with Gasteiger partial charge in [0.25, 0.3) is 5.56 Å². The van der Waals surface area contributed by atoms with Gasteiger partial charge in [-0.25, -0.2) is 4.39 Å². The van der Waals surface area contributed by atoms with Gasteiger partial charge in [0.2, 0.25) is 5.91 Å². The number of halogens is 1. The van der Waals surface area contributed by atoms with Crippen LogP contribution in [0.3, 0.4) is 0 Å². The Kier molecular flexibility index (Phi) is 4.89. The van der Waals surface area contributed by atoms with E-state index in [0.717, 1.165) is 22.9 Å². The van der Waals surface area contributed by atoms with Gasteiger partial charge >= 0.3 is 0 Å². The third-order valence-electron chi connectivity index (χ3n) is 3.38. The molecule has 0 atom stereocenters. The molecule has 2 aromatic carbocycles. The van der Waals surface area contributed by atoms with E-state index < -0.39 is 17.3 Å². The normalized spacial score (nSPS) is 10.3. The molecule has 0 radical (unpaired) electrons. The maximum atomic E-state index is 13.1. The van der Waals surface area contributed by atoms with Crippen molar-refractivity contribution in [2.45, 2.75) is 6.54 Å². The Labute approximate surface area is 143 Å². The Hall–Kier alpha value is -3.41. The van der Waals surface area contributed by atoms with Crippen LogP contribution in [0.1, 0.15) is 0 Å². The van der Waals surface area contributed by atoms with E-state index in [-0.39, 0.29) is 6.54 Å². The SMILES string of the molecule is O=C(Cn1cc(F)ccc1=O)Nc1ccc(Oc2ccccc2)cc1.